The van der Waals surface area contributed by atoms with Gasteiger partial charge in [-0.25, -0.2) is 9.24 Å². The van der Waals surface area contributed by atoms with Gasteiger partial charge in [0.1, 0.15) is 11.5 Å². The van der Waals surface area contributed by atoms with Crippen LogP contribution >= 0.6 is 0 Å². The molecule has 0 fully saturated rings. The van der Waals surface area contributed by atoms with E-state index in [1.165, 1.54) is 12.1 Å². The van der Waals surface area contributed by atoms with Crippen molar-refractivity contribution in [1.29, 1.82) is 0 Å². The van der Waals surface area contributed by atoms with Crippen molar-refractivity contribution in [2.45, 2.75) is 34.1 Å². The smallest absolute Gasteiger partial charge is 0.272 e. The highest BCUT2D eigenvalue weighted by Gasteiger charge is 2.33. The van der Waals surface area contributed by atoms with Gasteiger partial charge in [0.05, 0.1) is 18.7 Å². The van der Waals surface area contributed by atoms with E-state index < -0.39 is 28.7 Å². The number of hydrogen-bond acceptors (Lipinski definition) is 4. The van der Waals surface area contributed by atoms with Crippen LogP contribution in [0.4, 0.5) is 15.8 Å². The minimum Gasteiger partial charge on any atom is -0.343 e. The predicted molar refractivity (Wildman–Crippen MR) is 125 cm³/mol. The molecule has 0 spiro atoms. The molecule has 1 N–H and O–H groups in total. The minimum absolute atomic E-state index is 0.0218. The first-order chi connectivity index (χ1) is 15.5. The maximum Gasteiger partial charge on any atom is 0.272 e. The topological polar surface area (TPSA) is 84.9 Å². The first-order valence-electron chi connectivity index (χ1n) is 10.4. The van der Waals surface area contributed by atoms with Crippen molar-refractivity contribution in [1.82, 2.24) is 4.57 Å². The van der Waals surface area contributed by atoms with Gasteiger partial charge in [-0.05, 0) is 48.6 Å². The number of aliphatic imine (C=N–C) groups is 1. The molecule has 0 unspecified atom stereocenters. The Hall–Kier alpha value is -3.86. The molecule has 1 aliphatic rings. The Kier molecular flexibility index (Phi) is 6.45. The Morgan fingerprint density at radius 2 is 1.97 bits per heavy atom. The van der Waals surface area contributed by atoms with Crippen molar-refractivity contribution < 1.29 is 18.8 Å². The largest absolute Gasteiger partial charge is 0.343 e. The maximum absolute atomic E-state index is 13.6. The molecule has 0 bridgehead atoms. The second-order valence-electron chi connectivity index (χ2n) is 8.69. The van der Waals surface area contributed by atoms with Gasteiger partial charge >= 0.3 is 0 Å². The number of nitrogens with one attached hydrogen (secondary N) is 1. The summed E-state index contributed by atoms with van der Waals surface area (Å²) in [5.41, 5.74) is 1.73. The van der Waals surface area contributed by atoms with E-state index in [4.69, 9.17) is 6.57 Å². The summed E-state index contributed by atoms with van der Waals surface area (Å²) in [6.07, 6.45) is 3.69. The van der Waals surface area contributed by atoms with Crippen LogP contribution in [0.5, 0.6) is 0 Å². The second-order valence-corrected chi connectivity index (χ2v) is 8.69. The van der Waals surface area contributed by atoms with E-state index in [-0.39, 0.29) is 29.1 Å². The molecule has 2 aromatic rings. The Morgan fingerprint density at radius 1 is 1.27 bits per heavy atom. The third kappa shape index (κ3) is 4.53. The van der Waals surface area contributed by atoms with E-state index in [2.05, 4.69) is 15.2 Å². The zero-order chi connectivity index (χ0) is 24.5. The lowest BCUT2D eigenvalue weighted by Crippen LogP contribution is -2.25. The number of rotatable bonds is 7. The highest BCUT2D eigenvalue weighted by molar-refractivity contribution is 6.44. The molecule has 33 heavy (non-hydrogen) atoms. The Labute approximate surface area is 191 Å². The molecule has 0 saturated carbocycles. The molecule has 0 atom stereocenters. The predicted octanol–water partition coefficient (Wildman–Crippen LogP) is 4.76. The zero-order valence-corrected chi connectivity index (χ0v) is 19.2. The summed E-state index contributed by atoms with van der Waals surface area (Å²) >= 11 is 0. The van der Waals surface area contributed by atoms with Crippen molar-refractivity contribution in [3.8, 4) is 0 Å². The first-order valence-corrected chi connectivity index (χ1v) is 10.4. The van der Waals surface area contributed by atoms with Crippen LogP contribution in [0.3, 0.4) is 0 Å². The number of hydrogen-bond donors (Lipinski definition) is 1. The summed E-state index contributed by atoms with van der Waals surface area (Å²) in [5, 5.41) is 2.64. The van der Waals surface area contributed by atoms with Crippen LogP contribution in [0.25, 0.3) is 4.85 Å². The third-order valence-electron chi connectivity index (χ3n) is 5.98. The lowest BCUT2D eigenvalue weighted by Gasteiger charge is -2.23. The van der Waals surface area contributed by atoms with Gasteiger partial charge in [0.25, 0.3) is 5.91 Å². The highest BCUT2D eigenvalue weighted by atomic mass is 19.1. The van der Waals surface area contributed by atoms with Crippen molar-refractivity contribution in [2.75, 3.05) is 11.9 Å². The van der Waals surface area contributed by atoms with Gasteiger partial charge in [-0.1, -0.05) is 19.9 Å². The molecule has 7 nitrogen and oxygen atoms in total. The fraction of sp³-hybridized carbons (Fsp3) is 0.320. The van der Waals surface area contributed by atoms with Crippen LogP contribution < -0.4 is 5.32 Å². The summed E-state index contributed by atoms with van der Waals surface area (Å²) in [4.78, 5) is 46.3. The number of halogens is 1. The highest BCUT2D eigenvalue weighted by Crippen LogP contribution is 2.32. The molecular formula is C25H25FN4O3. The average molecular weight is 448 g/mol. The van der Waals surface area contributed by atoms with Gasteiger partial charge in [-0.15, -0.1) is 0 Å². The SMILES string of the molecule is [C-]#[N+]c1cc(NC(=O)c2c(C)c(C(=O)C(=O)CC(C)(C)C3=CCN=C3)c(C)n2C)ccc1F. The van der Waals surface area contributed by atoms with Gasteiger partial charge in [0, 0.05) is 31.1 Å². The number of carbonyl (C=O) groups is 3. The molecule has 0 saturated heterocycles. The van der Waals surface area contributed by atoms with Crippen LogP contribution in [0.1, 0.15) is 52.4 Å². The van der Waals surface area contributed by atoms with E-state index in [1.54, 1.807) is 31.7 Å². The molecule has 8 heteroatoms. The van der Waals surface area contributed by atoms with Crippen LogP contribution in [0, 0.1) is 31.7 Å². The third-order valence-corrected chi connectivity index (χ3v) is 5.98. The second kappa shape index (κ2) is 8.94. The van der Waals surface area contributed by atoms with Gasteiger partial charge in [-0.3, -0.25) is 19.4 Å². The number of allylic oxidation sites excluding steroid dienone is 1. The van der Waals surface area contributed by atoms with Crippen molar-refractivity contribution in [3.63, 3.8) is 0 Å². The van der Waals surface area contributed by atoms with Gasteiger partial charge in [0.15, 0.2) is 0 Å². The van der Waals surface area contributed by atoms with E-state index in [0.717, 1.165) is 11.6 Å². The average Bonchev–Trinajstić information content (AvgIpc) is 3.37. The van der Waals surface area contributed by atoms with E-state index in [0.29, 0.717) is 17.8 Å². The van der Waals surface area contributed by atoms with E-state index in [1.807, 2.05) is 19.9 Å². The van der Waals surface area contributed by atoms with Crippen molar-refractivity contribution in [3.05, 3.63) is 69.6 Å². The molecule has 0 radical (unpaired) electrons. The molecular weight excluding hydrogens is 423 g/mol. The van der Waals surface area contributed by atoms with Crippen LogP contribution in [0.2, 0.25) is 0 Å². The van der Waals surface area contributed by atoms with E-state index >= 15 is 0 Å². The van der Waals surface area contributed by atoms with Gasteiger partial charge in [-0.2, -0.15) is 0 Å². The summed E-state index contributed by atoms with van der Waals surface area (Å²) < 4.78 is 15.1. The molecule has 3 rings (SSSR count). The molecule has 2 heterocycles. The Morgan fingerprint density at radius 3 is 2.58 bits per heavy atom. The van der Waals surface area contributed by atoms with Crippen molar-refractivity contribution >= 4 is 35.1 Å². The molecule has 1 aromatic carbocycles. The number of carbonyl (C=O) groups excluding carboxylic acids is 3. The van der Waals surface area contributed by atoms with Gasteiger partial charge < -0.3 is 9.88 Å². The quantitative estimate of drug-likeness (QED) is 0.376. The zero-order valence-electron chi connectivity index (χ0n) is 19.2. The molecule has 0 aliphatic carbocycles. The number of aromatic nitrogens is 1. The first kappa shape index (κ1) is 23.8. The van der Waals surface area contributed by atoms with Crippen LogP contribution in [-0.2, 0) is 11.8 Å². The van der Waals surface area contributed by atoms with Crippen LogP contribution in [0.15, 0.2) is 34.8 Å². The fourth-order valence-electron chi connectivity index (χ4n) is 4.03. The number of benzene rings is 1. The number of nitrogens with zero attached hydrogens (tertiary/aromatic N) is 3. The summed E-state index contributed by atoms with van der Waals surface area (Å²) in [5.74, 6) is -2.38. The monoisotopic (exact) mass is 448 g/mol. The number of anilines is 1. The maximum atomic E-state index is 13.6. The van der Waals surface area contributed by atoms with E-state index in [9.17, 15) is 18.8 Å². The lowest BCUT2D eigenvalue weighted by atomic mass is 9.79. The van der Waals surface area contributed by atoms with Gasteiger partial charge in [0.2, 0.25) is 17.3 Å². The summed E-state index contributed by atoms with van der Waals surface area (Å²) in [6.45, 7) is 14.7. The Bertz CT molecular complexity index is 1280. The molecule has 1 aromatic heterocycles. The molecule has 1 aliphatic heterocycles. The lowest BCUT2D eigenvalue weighted by molar-refractivity contribution is -0.116. The summed E-state index contributed by atoms with van der Waals surface area (Å²) in [6, 6.07) is 3.70. The minimum atomic E-state index is -0.678. The Balaban J connectivity index is 1.87. The fourth-order valence-corrected chi connectivity index (χ4v) is 4.03. The number of amides is 1. The van der Waals surface area contributed by atoms with Crippen LogP contribution in [-0.4, -0.2) is 34.8 Å². The van der Waals surface area contributed by atoms with Crippen molar-refractivity contribution in [2.24, 2.45) is 17.5 Å². The molecule has 170 valence electrons. The normalized spacial score (nSPS) is 12.9. The standard InChI is InChI=1S/C25H25FN4O3/c1-14-21(23(32)20(31)12-25(3,4)16-9-10-28-13-16)15(2)30(6)22(14)24(33)29-17-7-8-18(26)19(11-17)27-5/h7-9,11,13H,10,12H2,1-4,6H3,(H,29,33). The number of Topliss-reactive ketones (excluding diaryl/α,β-unsaturated/α-hetero) is 2. The number of ketones is 2. The molecule has 1 amide bonds. The summed E-state index contributed by atoms with van der Waals surface area (Å²) in [7, 11) is 1.64.